The number of unbranched alkanes of at least 4 members (excludes halogenated alkanes) is 1. The second kappa shape index (κ2) is 12.6. The molecule has 0 bridgehead atoms. The third-order valence-corrected chi connectivity index (χ3v) is 7.36. The first kappa shape index (κ1) is 28.4. The van der Waals surface area contributed by atoms with Gasteiger partial charge >= 0.3 is 5.97 Å². The van der Waals surface area contributed by atoms with Crippen LogP contribution in [0.3, 0.4) is 0 Å². The molecule has 1 rings (SSSR count). The number of hydrogen-bond acceptors (Lipinski definition) is 4. The van der Waals surface area contributed by atoms with Crippen LogP contribution in [0.5, 0.6) is 0 Å². The van der Waals surface area contributed by atoms with Crippen LogP contribution in [0.2, 0.25) is 0 Å². The largest absolute Gasteiger partial charge is 0.465 e. The predicted octanol–water partition coefficient (Wildman–Crippen LogP) is 5.05. The molecule has 0 saturated carbocycles. The van der Waals surface area contributed by atoms with E-state index in [0.29, 0.717) is 38.2 Å². The van der Waals surface area contributed by atoms with Gasteiger partial charge in [-0.25, -0.2) is 0 Å². The van der Waals surface area contributed by atoms with Crippen LogP contribution in [0.25, 0.3) is 0 Å². The standard InChI is InChI=1S/C26H48N2O4/c1-9-12-14-21(10-2)18-32-24(31)25(5,11-3)19-26(6,23(30)27(7)8)17-20(4)28-16-13-15-22(28)29/h20-21H,9-19H2,1-8H3. The Balaban J connectivity index is 3.01. The van der Waals surface area contributed by atoms with E-state index in [-0.39, 0.29) is 23.8 Å². The number of amides is 2. The lowest BCUT2D eigenvalue weighted by molar-refractivity contribution is -0.161. The molecule has 2 amide bonds. The van der Waals surface area contributed by atoms with Gasteiger partial charge in [-0.1, -0.05) is 47.0 Å². The van der Waals surface area contributed by atoms with Gasteiger partial charge in [-0.15, -0.1) is 0 Å². The molecule has 4 atom stereocenters. The molecule has 6 nitrogen and oxygen atoms in total. The van der Waals surface area contributed by atoms with E-state index in [4.69, 9.17) is 4.74 Å². The highest BCUT2D eigenvalue weighted by Gasteiger charge is 2.46. The summed E-state index contributed by atoms with van der Waals surface area (Å²) in [6.07, 6.45) is 7.34. The molecule has 0 aromatic carbocycles. The monoisotopic (exact) mass is 452 g/mol. The highest BCUT2D eigenvalue weighted by atomic mass is 16.5. The first-order chi connectivity index (χ1) is 14.9. The number of rotatable bonds is 14. The molecular formula is C26H48N2O4. The Hall–Kier alpha value is -1.59. The van der Waals surface area contributed by atoms with Crippen molar-refractivity contribution in [2.24, 2.45) is 16.7 Å². The summed E-state index contributed by atoms with van der Waals surface area (Å²) in [6.45, 7) is 13.4. The van der Waals surface area contributed by atoms with Crippen molar-refractivity contribution in [2.45, 2.75) is 105 Å². The van der Waals surface area contributed by atoms with E-state index in [1.807, 2.05) is 32.6 Å². The van der Waals surface area contributed by atoms with Crippen LogP contribution in [0.15, 0.2) is 0 Å². The SMILES string of the molecule is CCCCC(CC)COC(=O)C(C)(CC)CC(C)(CC(C)N1CCCC1=O)C(=O)N(C)C. The Morgan fingerprint density at radius 1 is 1.16 bits per heavy atom. The molecule has 0 radical (unpaired) electrons. The molecule has 0 aliphatic carbocycles. The van der Waals surface area contributed by atoms with E-state index in [0.717, 1.165) is 38.6 Å². The van der Waals surface area contributed by atoms with Crippen molar-refractivity contribution >= 4 is 17.8 Å². The summed E-state index contributed by atoms with van der Waals surface area (Å²) in [5.74, 6) is 0.332. The second-order valence-electron chi connectivity index (χ2n) is 10.6. The molecule has 1 fully saturated rings. The van der Waals surface area contributed by atoms with E-state index >= 15 is 0 Å². The van der Waals surface area contributed by atoms with Gasteiger partial charge in [0.1, 0.15) is 0 Å². The minimum Gasteiger partial charge on any atom is -0.465 e. The van der Waals surface area contributed by atoms with Crippen LogP contribution < -0.4 is 0 Å². The molecule has 0 aromatic rings. The molecule has 1 aliphatic heterocycles. The molecule has 6 heteroatoms. The maximum atomic E-state index is 13.3. The van der Waals surface area contributed by atoms with Gasteiger partial charge in [-0.05, 0) is 51.9 Å². The Kier molecular flexibility index (Phi) is 11.2. The highest BCUT2D eigenvalue weighted by Crippen LogP contribution is 2.42. The quantitative estimate of drug-likeness (QED) is 0.346. The smallest absolute Gasteiger partial charge is 0.311 e. The summed E-state index contributed by atoms with van der Waals surface area (Å²) in [5, 5.41) is 0. The van der Waals surface area contributed by atoms with E-state index in [1.54, 1.807) is 19.0 Å². The van der Waals surface area contributed by atoms with Gasteiger partial charge in [0.15, 0.2) is 0 Å². The zero-order chi connectivity index (χ0) is 24.5. The minimum atomic E-state index is -0.762. The molecule has 0 spiro atoms. The number of likely N-dealkylation sites (tertiary alicyclic amines) is 1. The van der Waals surface area contributed by atoms with Crippen LogP contribution in [0.1, 0.15) is 99.3 Å². The van der Waals surface area contributed by atoms with E-state index < -0.39 is 10.8 Å². The van der Waals surface area contributed by atoms with Gasteiger partial charge < -0.3 is 14.5 Å². The van der Waals surface area contributed by atoms with Crippen LogP contribution in [0, 0.1) is 16.7 Å². The first-order valence-electron chi connectivity index (χ1n) is 12.6. The van der Waals surface area contributed by atoms with Gasteiger partial charge in [0.2, 0.25) is 11.8 Å². The Morgan fingerprint density at radius 3 is 2.28 bits per heavy atom. The lowest BCUT2D eigenvalue weighted by atomic mass is 9.68. The van der Waals surface area contributed by atoms with Crippen molar-refractivity contribution < 1.29 is 19.1 Å². The van der Waals surface area contributed by atoms with Crippen molar-refractivity contribution in [3.05, 3.63) is 0 Å². The third-order valence-electron chi connectivity index (χ3n) is 7.36. The number of ether oxygens (including phenoxy) is 1. The molecule has 1 heterocycles. The van der Waals surface area contributed by atoms with Crippen LogP contribution in [-0.2, 0) is 19.1 Å². The average molecular weight is 453 g/mol. The molecule has 0 N–H and O–H groups in total. The van der Waals surface area contributed by atoms with Gasteiger partial charge in [0, 0.05) is 38.5 Å². The zero-order valence-corrected chi connectivity index (χ0v) is 22.0. The molecule has 1 aliphatic rings. The van der Waals surface area contributed by atoms with Gasteiger partial charge in [-0.3, -0.25) is 14.4 Å². The molecule has 32 heavy (non-hydrogen) atoms. The molecule has 4 unspecified atom stereocenters. The van der Waals surface area contributed by atoms with Crippen molar-refractivity contribution in [2.75, 3.05) is 27.2 Å². The van der Waals surface area contributed by atoms with Crippen LogP contribution >= 0.6 is 0 Å². The maximum Gasteiger partial charge on any atom is 0.311 e. The number of nitrogens with zero attached hydrogens (tertiary/aromatic N) is 2. The highest BCUT2D eigenvalue weighted by molar-refractivity contribution is 5.84. The van der Waals surface area contributed by atoms with Crippen LogP contribution in [-0.4, -0.2) is 60.9 Å². The zero-order valence-electron chi connectivity index (χ0n) is 22.0. The Labute approximate surface area is 196 Å². The predicted molar refractivity (Wildman–Crippen MR) is 129 cm³/mol. The summed E-state index contributed by atoms with van der Waals surface area (Å²) in [5.41, 5.74) is -1.51. The topological polar surface area (TPSA) is 66.9 Å². The van der Waals surface area contributed by atoms with Crippen molar-refractivity contribution in [3.63, 3.8) is 0 Å². The molecular weight excluding hydrogens is 404 g/mol. The van der Waals surface area contributed by atoms with Gasteiger partial charge in [0.05, 0.1) is 12.0 Å². The normalized spacial score (nSPS) is 19.8. The number of hydrogen-bond donors (Lipinski definition) is 0. The summed E-state index contributed by atoms with van der Waals surface area (Å²) in [7, 11) is 3.51. The Bertz CT molecular complexity index is 635. The molecule has 0 aromatic heterocycles. The molecule has 186 valence electrons. The maximum absolute atomic E-state index is 13.3. The first-order valence-corrected chi connectivity index (χ1v) is 12.6. The lowest BCUT2D eigenvalue weighted by Crippen LogP contribution is -2.48. The summed E-state index contributed by atoms with van der Waals surface area (Å²) < 4.78 is 5.83. The van der Waals surface area contributed by atoms with Gasteiger partial charge in [0.25, 0.3) is 0 Å². The summed E-state index contributed by atoms with van der Waals surface area (Å²) in [6, 6.07) is -0.0467. The number of carbonyl (C=O) groups is 3. The van der Waals surface area contributed by atoms with Gasteiger partial charge in [-0.2, -0.15) is 0 Å². The fourth-order valence-electron chi connectivity index (χ4n) is 5.14. The van der Waals surface area contributed by atoms with Crippen molar-refractivity contribution in [3.8, 4) is 0 Å². The average Bonchev–Trinajstić information content (AvgIpc) is 3.18. The van der Waals surface area contributed by atoms with E-state index in [1.165, 1.54) is 0 Å². The fourth-order valence-corrected chi connectivity index (χ4v) is 5.14. The third kappa shape index (κ3) is 7.48. The van der Waals surface area contributed by atoms with E-state index in [2.05, 4.69) is 13.8 Å². The number of carbonyl (C=O) groups excluding carboxylic acids is 3. The fraction of sp³-hybridized carbons (Fsp3) is 0.885. The Morgan fingerprint density at radius 2 is 1.81 bits per heavy atom. The van der Waals surface area contributed by atoms with Crippen LogP contribution in [0.4, 0.5) is 0 Å². The number of esters is 1. The summed E-state index contributed by atoms with van der Waals surface area (Å²) >= 11 is 0. The van der Waals surface area contributed by atoms with Crippen molar-refractivity contribution in [1.29, 1.82) is 0 Å². The minimum absolute atomic E-state index is 0.00199. The summed E-state index contributed by atoms with van der Waals surface area (Å²) in [4.78, 5) is 42.3. The lowest BCUT2D eigenvalue weighted by Gasteiger charge is -2.41. The second-order valence-corrected chi connectivity index (χ2v) is 10.6. The van der Waals surface area contributed by atoms with Crippen molar-refractivity contribution in [1.82, 2.24) is 9.80 Å². The van der Waals surface area contributed by atoms with E-state index in [9.17, 15) is 14.4 Å². The molecule has 1 saturated heterocycles.